The molecule has 9 N–H and O–H groups in total. The fourth-order valence-electron chi connectivity index (χ4n) is 8.72. The molecular formula is C61H73Cl2F3N10O8. The van der Waals surface area contributed by atoms with Crippen LogP contribution in [0, 0.1) is 0 Å². The molecule has 18 nitrogen and oxygen atoms in total. The molecule has 0 fully saturated rings. The first-order valence-corrected chi connectivity index (χ1v) is 28.1. The highest BCUT2D eigenvalue weighted by atomic mass is 35.5. The molecule has 23 heteroatoms. The highest BCUT2D eigenvalue weighted by Crippen LogP contribution is 2.32. The van der Waals surface area contributed by atoms with E-state index in [0.717, 1.165) is 52.0 Å². The molecule has 3 aromatic heterocycles. The Hall–Kier alpha value is -7.69. The summed E-state index contributed by atoms with van der Waals surface area (Å²) < 4.78 is 52.9. The van der Waals surface area contributed by atoms with E-state index in [-0.39, 0.29) is 65.9 Å². The second-order valence-corrected chi connectivity index (χ2v) is 21.9. The summed E-state index contributed by atoms with van der Waals surface area (Å²) in [6.45, 7) is 14.2. The number of pyridine rings is 1. The third kappa shape index (κ3) is 18.2. The van der Waals surface area contributed by atoms with E-state index in [1.165, 1.54) is 18.2 Å². The van der Waals surface area contributed by atoms with Crippen LogP contribution in [0.3, 0.4) is 0 Å². The number of aliphatic hydroxyl groups excluding tert-OH is 2. The molecule has 0 aliphatic carbocycles. The van der Waals surface area contributed by atoms with Gasteiger partial charge in [-0.05, 0) is 128 Å². The average molecular weight is 1200 g/mol. The fraction of sp³-hybridized carbons (Fsp3) is 0.377. The number of fused-ring (bicyclic) bond motifs is 1. The summed E-state index contributed by atoms with van der Waals surface area (Å²) >= 11 is 12.4. The molecule has 5 atom stereocenters. The molecule has 0 spiro atoms. The van der Waals surface area contributed by atoms with Crippen LogP contribution in [0.25, 0.3) is 28.2 Å². The first-order chi connectivity index (χ1) is 39.7. The Morgan fingerprint density at radius 2 is 1.27 bits per heavy atom. The van der Waals surface area contributed by atoms with Crippen LogP contribution >= 0.6 is 23.2 Å². The zero-order valence-electron chi connectivity index (χ0n) is 48.3. The number of amides is 5. The maximum absolute atomic E-state index is 13.2. The number of aromatic nitrogens is 4. The molecule has 0 aliphatic heterocycles. The summed E-state index contributed by atoms with van der Waals surface area (Å²) in [5.41, 5.74) is 12.1. The second-order valence-electron chi connectivity index (χ2n) is 21.1. The number of aryl methyl sites for hydroxylation is 1. The largest absolute Gasteiger partial charge is 0.489 e. The molecule has 450 valence electrons. The van der Waals surface area contributed by atoms with E-state index < -0.39 is 41.9 Å². The molecule has 0 saturated heterocycles. The molecule has 7 aromatic rings. The molecule has 0 bridgehead atoms. The Balaban J connectivity index is 0.000000269. The SMILES string of the molecule is CC(C)Oc1ccc(C(=O)NC(CNC(=O)C(C)(C)N)Cc2ccc(-c3cn4cccc(C(C)O)c4n3)cc2)cc1Cl.CCn1cc(-c2ccc(CC(CCO)NC(=O)c3ccc(OC(C)C(F)(F)F)c(Cl)c3)cc2)nc1C(C)NC(=O)NC. The van der Waals surface area contributed by atoms with Gasteiger partial charge >= 0.3 is 12.2 Å². The molecule has 5 unspecified atom stereocenters. The van der Waals surface area contributed by atoms with Gasteiger partial charge in [-0.15, -0.1) is 0 Å². The van der Waals surface area contributed by atoms with Crippen molar-refractivity contribution < 1.29 is 52.0 Å². The van der Waals surface area contributed by atoms with Crippen LogP contribution in [-0.4, -0.2) is 109 Å². The summed E-state index contributed by atoms with van der Waals surface area (Å²) in [6.07, 6.45) is -0.399. The van der Waals surface area contributed by atoms with Gasteiger partial charge in [0.15, 0.2) is 6.10 Å². The zero-order valence-corrected chi connectivity index (χ0v) is 49.8. The molecule has 3 heterocycles. The minimum absolute atomic E-state index is 0.0530. The van der Waals surface area contributed by atoms with Gasteiger partial charge in [0, 0.05) is 79.2 Å². The van der Waals surface area contributed by atoms with Crippen molar-refractivity contribution in [1.29, 1.82) is 0 Å². The molecule has 0 radical (unpaired) electrons. The van der Waals surface area contributed by atoms with Crippen LogP contribution in [0.5, 0.6) is 11.5 Å². The quantitative estimate of drug-likeness (QED) is 0.0299. The average Bonchev–Trinajstić information content (AvgIpc) is 4.20. The van der Waals surface area contributed by atoms with Gasteiger partial charge < -0.3 is 61.0 Å². The lowest BCUT2D eigenvalue weighted by molar-refractivity contribution is -0.189. The summed E-state index contributed by atoms with van der Waals surface area (Å²) in [5.74, 6) is -0.0867. The van der Waals surface area contributed by atoms with Crippen LogP contribution in [-0.2, 0) is 24.2 Å². The summed E-state index contributed by atoms with van der Waals surface area (Å²) in [5, 5.41) is 34.0. The number of urea groups is 1. The number of ether oxygens (including phenoxy) is 2. The zero-order chi connectivity index (χ0) is 61.6. The Bertz CT molecular complexity index is 3370. The summed E-state index contributed by atoms with van der Waals surface area (Å²) in [4.78, 5) is 59.8. The van der Waals surface area contributed by atoms with Crippen LogP contribution in [0.1, 0.15) is 117 Å². The fourth-order valence-corrected chi connectivity index (χ4v) is 9.17. The lowest BCUT2D eigenvalue weighted by Gasteiger charge is -2.23. The van der Waals surface area contributed by atoms with Gasteiger partial charge in [0.25, 0.3) is 11.8 Å². The van der Waals surface area contributed by atoms with Gasteiger partial charge in [0.2, 0.25) is 5.91 Å². The normalized spacial score (nSPS) is 13.4. The smallest absolute Gasteiger partial charge is 0.425 e. The van der Waals surface area contributed by atoms with Gasteiger partial charge in [-0.1, -0.05) is 77.8 Å². The van der Waals surface area contributed by atoms with E-state index in [1.54, 1.807) is 46.0 Å². The molecule has 4 aromatic carbocycles. The standard InChI is InChI=1S/C32H38ClN5O4.C29H35ClF3N5O4/c1-19(2)42-28-13-12-23(16-26(28)33)30(40)36-24(17-35-31(41)32(4,5)34)15-21-8-10-22(11-9-21)27-18-38-14-6-7-25(20(3)39)29(38)37-27;1-5-38-16-24(37-26(38)17(2)35-28(41)34-4)20-8-6-19(7-9-20)14-22(12-13-39)36-27(40)21-10-11-25(23(30)15-21)42-18(3)29(31,32)33/h6-14,16,18-20,24,39H,15,17,34H2,1-5H3,(H,35,41)(H,36,40);6-11,15-18,22,39H,5,12-14H2,1-4H3,(H,36,40)(H2,34,35,41). The van der Waals surface area contributed by atoms with Gasteiger partial charge in [0.05, 0.1) is 51.3 Å². The van der Waals surface area contributed by atoms with Crippen LogP contribution in [0.15, 0.2) is 116 Å². The van der Waals surface area contributed by atoms with E-state index >= 15 is 0 Å². The topological polar surface area (TPSA) is 248 Å². The lowest BCUT2D eigenvalue weighted by Crippen LogP contribution is -2.53. The first-order valence-electron chi connectivity index (χ1n) is 27.4. The third-order valence-electron chi connectivity index (χ3n) is 13.3. The van der Waals surface area contributed by atoms with Crippen LogP contribution in [0.2, 0.25) is 10.0 Å². The number of alkyl halides is 3. The van der Waals surface area contributed by atoms with Gasteiger partial charge in [-0.25, -0.2) is 14.8 Å². The number of hydrogen-bond donors (Lipinski definition) is 8. The van der Waals surface area contributed by atoms with Crippen molar-refractivity contribution in [2.24, 2.45) is 5.73 Å². The van der Waals surface area contributed by atoms with Crippen molar-refractivity contribution in [3.8, 4) is 34.0 Å². The summed E-state index contributed by atoms with van der Waals surface area (Å²) in [7, 11) is 1.55. The maximum Gasteiger partial charge on any atom is 0.425 e. The number of nitrogens with one attached hydrogen (secondary N) is 5. The molecular weight excluding hydrogens is 1130 g/mol. The van der Waals surface area contributed by atoms with Gasteiger partial charge in [-0.3, -0.25) is 14.4 Å². The molecule has 0 aliphatic rings. The maximum atomic E-state index is 13.2. The van der Waals surface area contributed by atoms with E-state index in [4.69, 9.17) is 48.4 Å². The van der Waals surface area contributed by atoms with Crippen LogP contribution < -0.4 is 41.8 Å². The number of nitrogens with zero attached hydrogens (tertiary/aromatic N) is 4. The Morgan fingerprint density at radius 1 is 0.738 bits per heavy atom. The molecule has 7 rings (SSSR count). The van der Waals surface area contributed by atoms with Crippen molar-refractivity contribution in [1.82, 2.24) is 45.5 Å². The van der Waals surface area contributed by atoms with Gasteiger partial charge in [0.1, 0.15) is 23.0 Å². The lowest BCUT2D eigenvalue weighted by atomic mass is 10.0. The van der Waals surface area contributed by atoms with Crippen LogP contribution in [0.4, 0.5) is 18.0 Å². The second kappa shape index (κ2) is 29.2. The molecule has 5 amide bonds. The number of aliphatic hydroxyl groups is 2. The predicted molar refractivity (Wildman–Crippen MR) is 318 cm³/mol. The summed E-state index contributed by atoms with van der Waals surface area (Å²) in [6, 6.07) is 26.5. The van der Waals surface area contributed by atoms with E-state index in [9.17, 15) is 42.6 Å². The predicted octanol–water partition coefficient (Wildman–Crippen LogP) is 9.96. The molecule has 0 saturated carbocycles. The number of nitrogens with two attached hydrogens (primary N) is 1. The Morgan fingerprint density at radius 3 is 1.76 bits per heavy atom. The van der Waals surface area contributed by atoms with Crippen molar-refractivity contribution in [3.05, 3.63) is 159 Å². The first kappa shape index (κ1) is 65.5. The monoisotopic (exact) mass is 1200 g/mol. The molecule has 84 heavy (non-hydrogen) atoms. The Labute approximate surface area is 496 Å². The van der Waals surface area contributed by atoms with E-state index in [0.29, 0.717) is 41.4 Å². The van der Waals surface area contributed by atoms with Crippen molar-refractivity contribution in [2.45, 2.75) is 129 Å². The van der Waals surface area contributed by atoms with E-state index in [1.807, 2.05) is 116 Å². The van der Waals surface area contributed by atoms with Crippen molar-refractivity contribution in [3.63, 3.8) is 0 Å². The Kier molecular flexibility index (Phi) is 22.8. The highest BCUT2D eigenvalue weighted by Gasteiger charge is 2.38. The minimum atomic E-state index is -4.56. The third-order valence-corrected chi connectivity index (χ3v) is 13.9. The number of hydrogen-bond acceptors (Lipinski definition) is 11. The van der Waals surface area contributed by atoms with Gasteiger partial charge in [-0.2, -0.15) is 13.2 Å². The van der Waals surface area contributed by atoms with Crippen molar-refractivity contribution in [2.75, 3.05) is 20.2 Å². The number of halogens is 5. The minimum Gasteiger partial charge on any atom is -0.489 e. The number of rotatable bonds is 23. The van der Waals surface area contributed by atoms with E-state index in [2.05, 4.69) is 26.6 Å². The number of imidazole rings is 2. The number of carbonyl (C=O) groups excluding carboxylic acids is 4. The van der Waals surface area contributed by atoms with Crippen molar-refractivity contribution >= 4 is 52.6 Å². The highest BCUT2D eigenvalue weighted by molar-refractivity contribution is 6.32. The number of carbonyl (C=O) groups is 4. The number of benzene rings is 4.